The predicted molar refractivity (Wildman–Crippen MR) is 93.6 cm³/mol. The summed E-state index contributed by atoms with van der Waals surface area (Å²) in [4.78, 5) is 0. The second kappa shape index (κ2) is 5.16. The van der Waals surface area contributed by atoms with Gasteiger partial charge in [-0.05, 0) is 41.4 Å². The van der Waals surface area contributed by atoms with Crippen LogP contribution in [0.15, 0.2) is 42.5 Å². The van der Waals surface area contributed by atoms with E-state index in [2.05, 4.69) is 58.1 Å². The molecule has 22 heavy (non-hydrogen) atoms. The molecule has 0 unspecified atom stereocenters. The topological polar surface area (TPSA) is 18.5 Å². The quantitative estimate of drug-likeness (QED) is 0.559. The van der Waals surface area contributed by atoms with Gasteiger partial charge in [0.05, 0.1) is 0 Å². The van der Waals surface area contributed by atoms with Crippen molar-refractivity contribution in [1.82, 2.24) is 0 Å². The fraction of sp³-hybridized carbons (Fsp3) is 0.368. The molecular formula is C19H24O2Si. The van der Waals surface area contributed by atoms with Crippen LogP contribution in [0.5, 0.6) is 17.2 Å². The van der Waals surface area contributed by atoms with E-state index in [-0.39, 0.29) is 5.04 Å². The first-order valence-corrected chi connectivity index (χ1v) is 10.7. The Morgan fingerprint density at radius 2 is 1.64 bits per heavy atom. The minimum absolute atomic E-state index is 0.191. The molecule has 2 aromatic rings. The molecule has 1 aliphatic heterocycles. The van der Waals surface area contributed by atoms with Gasteiger partial charge >= 0.3 is 0 Å². The second-order valence-electron chi connectivity index (χ2n) is 7.52. The summed E-state index contributed by atoms with van der Waals surface area (Å²) in [6.07, 6.45) is 0.922. The molecule has 1 heterocycles. The van der Waals surface area contributed by atoms with Crippen LogP contribution in [0.4, 0.5) is 0 Å². The highest BCUT2D eigenvalue weighted by atomic mass is 28.4. The fourth-order valence-electron chi connectivity index (χ4n) is 2.36. The number of fused-ring (bicyclic) bond motifs is 2. The number of benzene rings is 2. The summed E-state index contributed by atoms with van der Waals surface area (Å²) in [5.74, 6) is 2.80. The van der Waals surface area contributed by atoms with Gasteiger partial charge in [0.1, 0.15) is 17.2 Å². The van der Waals surface area contributed by atoms with Crippen LogP contribution in [0, 0.1) is 0 Å². The average Bonchev–Trinajstić information content (AvgIpc) is 2.43. The largest absolute Gasteiger partial charge is 0.543 e. The Bertz CT molecular complexity index is 699. The van der Waals surface area contributed by atoms with E-state index < -0.39 is 8.32 Å². The molecule has 1 aliphatic rings. The first-order chi connectivity index (χ1) is 10.3. The first kappa shape index (κ1) is 15.2. The third-order valence-electron chi connectivity index (χ3n) is 4.79. The van der Waals surface area contributed by atoms with Crippen LogP contribution < -0.4 is 9.16 Å². The molecule has 0 saturated carbocycles. The fourth-order valence-corrected chi connectivity index (χ4v) is 3.38. The van der Waals surface area contributed by atoms with Crippen LogP contribution in [-0.2, 0) is 6.42 Å². The Labute approximate surface area is 134 Å². The zero-order valence-corrected chi connectivity index (χ0v) is 15.1. The van der Waals surface area contributed by atoms with Gasteiger partial charge < -0.3 is 9.16 Å². The highest BCUT2D eigenvalue weighted by Crippen LogP contribution is 2.41. The lowest BCUT2D eigenvalue weighted by Crippen LogP contribution is -2.43. The molecule has 3 heteroatoms. The van der Waals surface area contributed by atoms with Gasteiger partial charge in [0, 0.05) is 12.5 Å². The molecule has 3 rings (SSSR count). The summed E-state index contributed by atoms with van der Waals surface area (Å²) in [7, 11) is -1.82. The van der Waals surface area contributed by atoms with Crippen molar-refractivity contribution in [3.05, 3.63) is 53.6 Å². The number of ether oxygens (including phenoxy) is 1. The van der Waals surface area contributed by atoms with E-state index >= 15 is 0 Å². The van der Waals surface area contributed by atoms with Crippen LogP contribution in [0.3, 0.4) is 0 Å². The van der Waals surface area contributed by atoms with Crippen molar-refractivity contribution in [2.45, 2.75) is 45.3 Å². The van der Waals surface area contributed by atoms with Gasteiger partial charge in [0.15, 0.2) is 0 Å². The molecule has 0 aromatic heterocycles. The predicted octanol–water partition coefficient (Wildman–Crippen LogP) is 5.77. The summed E-state index contributed by atoms with van der Waals surface area (Å²) in [5.41, 5.74) is 2.47. The molecule has 0 atom stereocenters. The van der Waals surface area contributed by atoms with Crippen LogP contribution in [0.1, 0.15) is 31.9 Å². The number of para-hydroxylation sites is 1. The van der Waals surface area contributed by atoms with E-state index in [1.807, 2.05) is 18.2 Å². The van der Waals surface area contributed by atoms with Gasteiger partial charge in [-0.15, -0.1) is 0 Å². The minimum atomic E-state index is -1.82. The molecule has 0 saturated heterocycles. The van der Waals surface area contributed by atoms with Crippen LogP contribution >= 0.6 is 0 Å². The van der Waals surface area contributed by atoms with E-state index in [1.54, 1.807) is 0 Å². The van der Waals surface area contributed by atoms with Crippen molar-refractivity contribution in [3.63, 3.8) is 0 Å². The standard InChI is InChI=1S/C19H24O2Si/c1-19(2,3)22(4,5)21-16-11-10-15-12-14-8-6-7-9-17(14)20-18(15)13-16/h6-11,13H,12H2,1-5H3. The molecule has 0 N–H and O–H groups in total. The molecule has 0 radical (unpaired) electrons. The van der Waals surface area contributed by atoms with Gasteiger partial charge in [0.25, 0.3) is 0 Å². The molecule has 0 spiro atoms. The third-order valence-corrected chi connectivity index (χ3v) is 9.15. The molecular weight excluding hydrogens is 288 g/mol. The number of rotatable bonds is 2. The Balaban J connectivity index is 1.87. The molecule has 2 aromatic carbocycles. The normalized spacial score (nSPS) is 13.9. The molecule has 0 amide bonds. The van der Waals surface area contributed by atoms with Crippen molar-refractivity contribution in [1.29, 1.82) is 0 Å². The summed E-state index contributed by atoms with van der Waals surface area (Å²) in [6, 6.07) is 14.5. The summed E-state index contributed by atoms with van der Waals surface area (Å²) < 4.78 is 12.4. The first-order valence-electron chi connectivity index (χ1n) is 7.84. The zero-order chi connectivity index (χ0) is 16.0. The van der Waals surface area contributed by atoms with Crippen LogP contribution in [-0.4, -0.2) is 8.32 Å². The summed E-state index contributed by atoms with van der Waals surface area (Å²) >= 11 is 0. The lowest BCUT2D eigenvalue weighted by Gasteiger charge is -2.36. The third kappa shape index (κ3) is 2.78. The zero-order valence-electron chi connectivity index (χ0n) is 14.1. The SMILES string of the molecule is CC(C)(C)[Si](C)(C)Oc1ccc2c(c1)Oc1ccccc1C2. The maximum atomic E-state index is 6.38. The molecule has 2 nitrogen and oxygen atoms in total. The molecule has 116 valence electrons. The smallest absolute Gasteiger partial charge is 0.250 e. The highest BCUT2D eigenvalue weighted by Gasteiger charge is 2.39. The average molecular weight is 312 g/mol. The van der Waals surface area contributed by atoms with Gasteiger partial charge in [-0.1, -0.05) is 45.0 Å². The number of hydrogen-bond donors (Lipinski definition) is 0. The lowest BCUT2D eigenvalue weighted by atomic mass is 10.0. The Morgan fingerprint density at radius 3 is 2.36 bits per heavy atom. The summed E-state index contributed by atoms with van der Waals surface area (Å²) in [6.45, 7) is 11.3. The molecule has 0 fully saturated rings. The lowest BCUT2D eigenvalue weighted by molar-refractivity contribution is 0.450. The highest BCUT2D eigenvalue weighted by molar-refractivity contribution is 6.74. The van der Waals surface area contributed by atoms with Crippen molar-refractivity contribution >= 4 is 8.32 Å². The monoisotopic (exact) mass is 312 g/mol. The van der Waals surface area contributed by atoms with E-state index in [9.17, 15) is 0 Å². The van der Waals surface area contributed by atoms with Crippen molar-refractivity contribution in [3.8, 4) is 17.2 Å². The van der Waals surface area contributed by atoms with Crippen LogP contribution in [0.2, 0.25) is 18.1 Å². The van der Waals surface area contributed by atoms with Gasteiger partial charge in [-0.2, -0.15) is 0 Å². The van der Waals surface area contributed by atoms with E-state index in [4.69, 9.17) is 9.16 Å². The van der Waals surface area contributed by atoms with E-state index in [1.165, 1.54) is 11.1 Å². The minimum Gasteiger partial charge on any atom is -0.543 e. The van der Waals surface area contributed by atoms with Crippen LogP contribution in [0.25, 0.3) is 0 Å². The van der Waals surface area contributed by atoms with Crippen molar-refractivity contribution < 1.29 is 9.16 Å². The van der Waals surface area contributed by atoms with Gasteiger partial charge in [-0.25, -0.2) is 0 Å². The maximum absolute atomic E-state index is 6.38. The maximum Gasteiger partial charge on any atom is 0.250 e. The van der Waals surface area contributed by atoms with E-state index in [0.29, 0.717) is 0 Å². The Hall–Kier alpha value is -1.74. The molecule has 0 bridgehead atoms. The Morgan fingerprint density at radius 1 is 0.955 bits per heavy atom. The van der Waals surface area contributed by atoms with Crippen molar-refractivity contribution in [2.24, 2.45) is 0 Å². The Kier molecular flexibility index (Phi) is 3.56. The van der Waals surface area contributed by atoms with Crippen molar-refractivity contribution in [2.75, 3.05) is 0 Å². The molecule has 0 aliphatic carbocycles. The van der Waals surface area contributed by atoms with Gasteiger partial charge in [-0.3, -0.25) is 0 Å². The second-order valence-corrected chi connectivity index (χ2v) is 12.2. The number of hydrogen-bond acceptors (Lipinski definition) is 2. The summed E-state index contributed by atoms with van der Waals surface area (Å²) in [5, 5.41) is 0.191. The van der Waals surface area contributed by atoms with E-state index in [0.717, 1.165) is 23.7 Å². The van der Waals surface area contributed by atoms with Gasteiger partial charge in [0.2, 0.25) is 8.32 Å².